The van der Waals surface area contributed by atoms with Gasteiger partial charge in [-0.25, -0.2) is 0 Å². The highest BCUT2D eigenvalue weighted by Crippen LogP contribution is 2.31. The van der Waals surface area contributed by atoms with Crippen LogP contribution in [0.4, 0.5) is 5.69 Å². The topological polar surface area (TPSA) is 41.6 Å². The lowest BCUT2D eigenvalue weighted by atomic mass is 9.94. The Kier molecular flexibility index (Phi) is 4.21. The van der Waals surface area contributed by atoms with Gasteiger partial charge in [-0.15, -0.1) is 0 Å². The van der Waals surface area contributed by atoms with Crippen molar-refractivity contribution in [2.24, 2.45) is 5.92 Å². The highest BCUT2D eigenvalue weighted by molar-refractivity contribution is 5.95. The van der Waals surface area contributed by atoms with Gasteiger partial charge in [0.1, 0.15) is 12.4 Å². The smallest absolute Gasteiger partial charge is 0.227 e. The minimum Gasteiger partial charge on any atom is -0.490 e. The molecule has 20 heavy (non-hydrogen) atoms. The van der Waals surface area contributed by atoms with Crippen LogP contribution in [0.25, 0.3) is 0 Å². The summed E-state index contributed by atoms with van der Waals surface area (Å²) in [7, 11) is 0. The maximum Gasteiger partial charge on any atom is 0.227 e. The van der Waals surface area contributed by atoms with Crippen LogP contribution in [0.5, 0.6) is 5.75 Å². The molecular formula is C16H22N2O2. The molecule has 0 aliphatic carbocycles. The van der Waals surface area contributed by atoms with Crippen LogP contribution in [0.1, 0.15) is 25.7 Å². The number of benzene rings is 1. The number of anilines is 1. The average Bonchev–Trinajstić information content (AvgIpc) is 2.53. The van der Waals surface area contributed by atoms with Gasteiger partial charge in [-0.05, 0) is 50.4 Å². The molecule has 1 amide bonds. The number of carbonyl (C=O) groups is 1. The molecule has 0 saturated carbocycles. The highest BCUT2D eigenvalue weighted by atomic mass is 16.5. The van der Waals surface area contributed by atoms with E-state index in [0.29, 0.717) is 25.5 Å². The lowest BCUT2D eigenvalue weighted by molar-refractivity contribution is -0.119. The van der Waals surface area contributed by atoms with Crippen molar-refractivity contribution in [3.05, 3.63) is 24.3 Å². The van der Waals surface area contributed by atoms with Crippen LogP contribution in [0.3, 0.4) is 0 Å². The van der Waals surface area contributed by atoms with Crippen LogP contribution in [-0.2, 0) is 4.79 Å². The van der Waals surface area contributed by atoms with Gasteiger partial charge in [0, 0.05) is 6.42 Å². The number of piperidine rings is 1. The molecular weight excluding hydrogens is 252 g/mol. The van der Waals surface area contributed by atoms with E-state index in [1.165, 1.54) is 12.8 Å². The lowest BCUT2D eigenvalue weighted by Gasteiger charge is -2.30. The van der Waals surface area contributed by atoms with Crippen molar-refractivity contribution in [2.45, 2.75) is 25.7 Å². The van der Waals surface area contributed by atoms with Crippen LogP contribution < -0.4 is 15.0 Å². The molecule has 1 fully saturated rings. The number of nitrogens with one attached hydrogen (secondary N) is 1. The molecule has 2 heterocycles. The Labute approximate surface area is 120 Å². The van der Waals surface area contributed by atoms with E-state index >= 15 is 0 Å². The quantitative estimate of drug-likeness (QED) is 0.918. The molecule has 1 unspecified atom stereocenters. The van der Waals surface area contributed by atoms with Gasteiger partial charge in [0.25, 0.3) is 0 Å². The summed E-state index contributed by atoms with van der Waals surface area (Å²) in [5.41, 5.74) is 0.922. The average molecular weight is 274 g/mol. The molecule has 0 spiro atoms. The Morgan fingerprint density at radius 3 is 3.15 bits per heavy atom. The van der Waals surface area contributed by atoms with E-state index < -0.39 is 0 Å². The van der Waals surface area contributed by atoms with Crippen LogP contribution in [0, 0.1) is 5.92 Å². The highest BCUT2D eigenvalue weighted by Gasteiger charge is 2.24. The van der Waals surface area contributed by atoms with E-state index in [9.17, 15) is 4.79 Å². The molecule has 3 rings (SSSR count). The van der Waals surface area contributed by atoms with Gasteiger partial charge >= 0.3 is 0 Å². The lowest BCUT2D eigenvalue weighted by Crippen LogP contribution is -2.38. The van der Waals surface area contributed by atoms with Gasteiger partial charge in [0.2, 0.25) is 5.91 Å². The summed E-state index contributed by atoms with van der Waals surface area (Å²) in [6.07, 6.45) is 4.12. The first-order valence-electron chi connectivity index (χ1n) is 7.57. The molecule has 1 saturated heterocycles. The third kappa shape index (κ3) is 2.96. The first-order valence-corrected chi connectivity index (χ1v) is 7.57. The van der Waals surface area contributed by atoms with Crippen molar-refractivity contribution in [2.75, 3.05) is 31.1 Å². The number of para-hydroxylation sites is 2. The van der Waals surface area contributed by atoms with Crippen molar-refractivity contribution < 1.29 is 9.53 Å². The van der Waals surface area contributed by atoms with Gasteiger partial charge in [-0.3, -0.25) is 4.79 Å². The van der Waals surface area contributed by atoms with Gasteiger partial charge in [0.05, 0.1) is 12.2 Å². The molecule has 108 valence electrons. The Morgan fingerprint density at radius 2 is 2.30 bits per heavy atom. The zero-order chi connectivity index (χ0) is 13.8. The number of carbonyl (C=O) groups excluding carboxylic acids is 1. The van der Waals surface area contributed by atoms with Crippen LogP contribution in [0.2, 0.25) is 0 Å². The maximum absolute atomic E-state index is 12.5. The Bertz CT molecular complexity index is 469. The molecule has 2 aliphatic rings. The van der Waals surface area contributed by atoms with Gasteiger partial charge in [0.15, 0.2) is 0 Å². The summed E-state index contributed by atoms with van der Waals surface area (Å²) < 4.78 is 5.59. The number of fused-ring (bicyclic) bond motifs is 1. The normalized spacial score (nSPS) is 22.0. The fourth-order valence-electron chi connectivity index (χ4n) is 3.06. The zero-order valence-electron chi connectivity index (χ0n) is 11.8. The molecule has 1 N–H and O–H groups in total. The van der Waals surface area contributed by atoms with E-state index in [1.54, 1.807) is 0 Å². The van der Waals surface area contributed by atoms with Crippen LogP contribution in [0.15, 0.2) is 24.3 Å². The standard InChI is InChI=1S/C16H22N2O2/c19-16(8-7-13-4-3-9-17-12-13)18-10-11-20-15-6-2-1-5-14(15)18/h1-2,5-6,13,17H,3-4,7-12H2. The first kappa shape index (κ1) is 13.4. The van der Waals surface area contributed by atoms with E-state index in [-0.39, 0.29) is 5.91 Å². The SMILES string of the molecule is O=C(CCC1CCCNC1)N1CCOc2ccccc21. The maximum atomic E-state index is 12.5. The first-order chi connectivity index (χ1) is 9.84. The third-order valence-electron chi connectivity index (χ3n) is 4.19. The fraction of sp³-hybridized carbons (Fsp3) is 0.562. The summed E-state index contributed by atoms with van der Waals surface area (Å²) in [5, 5.41) is 3.41. The van der Waals surface area contributed by atoms with E-state index in [4.69, 9.17) is 4.74 Å². The molecule has 4 nitrogen and oxygen atoms in total. The summed E-state index contributed by atoms with van der Waals surface area (Å²) >= 11 is 0. The molecule has 1 aromatic rings. The second-order valence-corrected chi connectivity index (χ2v) is 5.61. The second-order valence-electron chi connectivity index (χ2n) is 5.61. The number of nitrogens with zero attached hydrogens (tertiary/aromatic N) is 1. The summed E-state index contributed by atoms with van der Waals surface area (Å²) in [6, 6.07) is 7.80. The Morgan fingerprint density at radius 1 is 1.40 bits per heavy atom. The van der Waals surface area contributed by atoms with Crippen molar-refractivity contribution in [1.29, 1.82) is 0 Å². The minimum atomic E-state index is 0.228. The number of rotatable bonds is 3. The van der Waals surface area contributed by atoms with Crippen molar-refractivity contribution >= 4 is 11.6 Å². The van der Waals surface area contributed by atoms with Gasteiger partial charge < -0.3 is 15.0 Å². The molecule has 1 aromatic carbocycles. The van der Waals surface area contributed by atoms with Gasteiger partial charge in [-0.2, -0.15) is 0 Å². The second kappa shape index (κ2) is 6.27. The van der Waals surface area contributed by atoms with Crippen molar-refractivity contribution in [3.8, 4) is 5.75 Å². The van der Waals surface area contributed by atoms with Crippen LogP contribution >= 0.6 is 0 Å². The predicted molar refractivity (Wildman–Crippen MR) is 79.1 cm³/mol. The van der Waals surface area contributed by atoms with Crippen molar-refractivity contribution in [3.63, 3.8) is 0 Å². The molecule has 0 aromatic heterocycles. The summed E-state index contributed by atoms with van der Waals surface area (Å²) in [5.74, 6) is 1.71. The molecule has 1 atom stereocenters. The summed E-state index contributed by atoms with van der Waals surface area (Å²) in [4.78, 5) is 14.3. The zero-order valence-corrected chi connectivity index (χ0v) is 11.8. The number of hydrogen-bond donors (Lipinski definition) is 1. The molecule has 0 radical (unpaired) electrons. The van der Waals surface area contributed by atoms with Gasteiger partial charge in [-0.1, -0.05) is 12.1 Å². The van der Waals surface area contributed by atoms with Crippen molar-refractivity contribution in [1.82, 2.24) is 5.32 Å². The number of hydrogen-bond acceptors (Lipinski definition) is 3. The third-order valence-corrected chi connectivity index (χ3v) is 4.19. The van der Waals surface area contributed by atoms with E-state index in [1.807, 2.05) is 29.2 Å². The van der Waals surface area contributed by atoms with Crippen LogP contribution in [-0.4, -0.2) is 32.1 Å². The van der Waals surface area contributed by atoms with E-state index in [0.717, 1.165) is 30.9 Å². The Hall–Kier alpha value is -1.55. The largest absolute Gasteiger partial charge is 0.490 e. The fourth-order valence-corrected chi connectivity index (χ4v) is 3.06. The molecule has 4 heteroatoms. The molecule has 0 bridgehead atoms. The van der Waals surface area contributed by atoms with E-state index in [2.05, 4.69) is 5.32 Å². The Balaban J connectivity index is 1.60. The number of ether oxygens (including phenoxy) is 1. The molecule has 2 aliphatic heterocycles. The number of amides is 1. The summed E-state index contributed by atoms with van der Waals surface area (Å²) in [6.45, 7) is 3.45. The monoisotopic (exact) mass is 274 g/mol. The minimum absolute atomic E-state index is 0.228. The predicted octanol–water partition coefficient (Wildman–Crippen LogP) is 2.19.